The fourth-order valence-corrected chi connectivity index (χ4v) is 1.26. The Morgan fingerprint density at radius 3 is 2.79 bits per heavy atom. The number of nitrogens with one attached hydrogen (secondary N) is 2. The maximum atomic E-state index is 11.3. The third-order valence-electron chi connectivity index (χ3n) is 2.01. The Balaban J connectivity index is 0.00000169. The molecule has 0 bridgehead atoms. The molecule has 1 amide bonds. The van der Waals surface area contributed by atoms with Crippen LogP contribution in [-0.2, 0) is 14.3 Å². The molecule has 1 rings (SSSR count). The molecule has 6 heteroatoms. The van der Waals surface area contributed by atoms with Crippen LogP contribution in [-0.4, -0.2) is 38.1 Å². The standard InChI is InChI=1S/C8H14N2O3.ClH/c1-13-7(11)5-10-8(12)6-3-2-4-9-6;/h6,9H,2-5H2,1H3,(H,10,12);1H. The maximum absolute atomic E-state index is 11.3. The van der Waals surface area contributed by atoms with Crippen LogP contribution in [0.2, 0.25) is 0 Å². The van der Waals surface area contributed by atoms with Gasteiger partial charge in [0.15, 0.2) is 0 Å². The van der Waals surface area contributed by atoms with Crippen LogP contribution in [0.1, 0.15) is 12.8 Å². The van der Waals surface area contributed by atoms with Crippen molar-refractivity contribution in [1.82, 2.24) is 10.6 Å². The zero-order chi connectivity index (χ0) is 9.68. The number of esters is 1. The number of rotatable bonds is 3. The van der Waals surface area contributed by atoms with Gasteiger partial charge in [-0.2, -0.15) is 0 Å². The van der Waals surface area contributed by atoms with Gasteiger partial charge < -0.3 is 15.4 Å². The number of amides is 1. The monoisotopic (exact) mass is 222 g/mol. The highest BCUT2D eigenvalue weighted by molar-refractivity contribution is 5.86. The lowest BCUT2D eigenvalue weighted by Gasteiger charge is -2.09. The molecule has 82 valence electrons. The normalized spacial score (nSPS) is 19.6. The molecule has 1 heterocycles. The number of carbonyl (C=O) groups excluding carboxylic acids is 2. The third kappa shape index (κ3) is 3.93. The Morgan fingerprint density at radius 2 is 2.29 bits per heavy atom. The van der Waals surface area contributed by atoms with Crippen molar-refractivity contribution in [3.05, 3.63) is 0 Å². The third-order valence-corrected chi connectivity index (χ3v) is 2.01. The predicted octanol–water partition coefficient (Wildman–Crippen LogP) is -0.551. The van der Waals surface area contributed by atoms with E-state index in [9.17, 15) is 9.59 Å². The molecule has 1 fully saturated rings. The fourth-order valence-electron chi connectivity index (χ4n) is 1.26. The topological polar surface area (TPSA) is 67.4 Å². The number of halogens is 1. The van der Waals surface area contributed by atoms with Gasteiger partial charge in [0.2, 0.25) is 5.91 Å². The minimum absolute atomic E-state index is 0. The van der Waals surface area contributed by atoms with E-state index < -0.39 is 5.97 Å². The molecule has 5 nitrogen and oxygen atoms in total. The number of hydrogen-bond acceptors (Lipinski definition) is 4. The highest BCUT2D eigenvalue weighted by Gasteiger charge is 2.21. The molecule has 1 aliphatic rings. The summed E-state index contributed by atoms with van der Waals surface area (Å²) in [7, 11) is 1.29. The average Bonchev–Trinajstić information content (AvgIpc) is 2.66. The van der Waals surface area contributed by atoms with Gasteiger partial charge in [-0.1, -0.05) is 0 Å². The zero-order valence-corrected chi connectivity index (χ0v) is 8.86. The lowest BCUT2D eigenvalue weighted by atomic mass is 10.2. The summed E-state index contributed by atoms with van der Waals surface area (Å²) >= 11 is 0. The Hall–Kier alpha value is -0.810. The van der Waals surface area contributed by atoms with Crippen LogP contribution < -0.4 is 10.6 Å². The van der Waals surface area contributed by atoms with Crippen molar-refractivity contribution in [3.8, 4) is 0 Å². The van der Waals surface area contributed by atoms with Crippen LogP contribution in [0.4, 0.5) is 0 Å². The summed E-state index contributed by atoms with van der Waals surface area (Å²) in [6.45, 7) is 0.823. The molecule has 0 aromatic carbocycles. The van der Waals surface area contributed by atoms with Crippen LogP contribution in [0.5, 0.6) is 0 Å². The SMILES string of the molecule is COC(=O)CNC(=O)C1CCCN1.Cl. The lowest BCUT2D eigenvalue weighted by molar-refractivity contribution is -0.141. The predicted molar refractivity (Wildman–Crippen MR) is 53.3 cm³/mol. The van der Waals surface area contributed by atoms with E-state index in [1.807, 2.05) is 0 Å². The second-order valence-corrected chi connectivity index (χ2v) is 2.94. The first-order valence-electron chi connectivity index (χ1n) is 4.32. The summed E-state index contributed by atoms with van der Waals surface area (Å²) < 4.78 is 4.39. The summed E-state index contributed by atoms with van der Waals surface area (Å²) in [5, 5.41) is 5.53. The van der Waals surface area contributed by atoms with Gasteiger partial charge in [0.05, 0.1) is 13.2 Å². The molecule has 0 aromatic rings. The molecule has 0 radical (unpaired) electrons. The molecule has 1 aliphatic heterocycles. The fraction of sp³-hybridized carbons (Fsp3) is 0.750. The zero-order valence-electron chi connectivity index (χ0n) is 8.04. The van der Waals surface area contributed by atoms with E-state index in [2.05, 4.69) is 15.4 Å². The molecule has 0 saturated carbocycles. The highest BCUT2D eigenvalue weighted by Crippen LogP contribution is 2.03. The first-order chi connectivity index (χ1) is 6.24. The number of methoxy groups -OCH3 is 1. The minimum Gasteiger partial charge on any atom is -0.468 e. The highest BCUT2D eigenvalue weighted by atomic mass is 35.5. The van der Waals surface area contributed by atoms with Gasteiger partial charge in [-0.05, 0) is 19.4 Å². The Kier molecular flexibility index (Phi) is 6.23. The Labute approximate surface area is 89.0 Å². The maximum Gasteiger partial charge on any atom is 0.325 e. The van der Waals surface area contributed by atoms with Crippen molar-refractivity contribution in [2.24, 2.45) is 0 Å². The average molecular weight is 223 g/mol. The molecule has 1 unspecified atom stereocenters. The van der Waals surface area contributed by atoms with Crippen molar-refractivity contribution in [2.45, 2.75) is 18.9 Å². The summed E-state index contributed by atoms with van der Waals surface area (Å²) in [6.07, 6.45) is 1.85. The van der Waals surface area contributed by atoms with Gasteiger partial charge in [-0.15, -0.1) is 12.4 Å². The number of ether oxygens (including phenoxy) is 1. The molecular formula is C8H15ClN2O3. The molecule has 0 aromatic heterocycles. The smallest absolute Gasteiger partial charge is 0.325 e. The van der Waals surface area contributed by atoms with E-state index in [1.54, 1.807) is 0 Å². The van der Waals surface area contributed by atoms with Crippen molar-refractivity contribution >= 4 is 24.3 Å². The summed E-state index contributed by atoms with van der Waals surface area (Å²) in [4.78, 5) is 22.0. The van der Waals surface area contributed by atoms with Gasteiger partial charge in [0.1, 0.15) is 6.54 Å². The summed E-state index contributed by atoms with van der Waals surface area (Å²) in [5.74, 6) is -0.547. The van der Waals surface area contributed by atoms with Crippen LogP contribution >= 0.6 is 12.4 Å². The van der Waals surface area contributed by atoms with Crippen LogP contribution in [0.25, 0.3) is 0 Å². The van der Waals surface area contributed by atoms with E-state index in [4.69, 9.17) is 0 Å². The van der Waals surface area contributed by atoms with Crippen LogP contribution in [0, 0.1) is 0 Å². The van der Waals surface area contributed by atoms with Crippen molar-refractivity contribution < 1.29 is 14.3 Å². The molecule has 14 heavy (non-hydrogen) atoms. The van der Waals surface area contributed by atoms with Crippen molar-refractivity contribution in [1.29, 1.82) is 0 Å². The first-order valence-corrected chi connectivity index (χ1v) is 4.32. The molecule has 2 N–H and O–H groups in total. The van der Waals surface area contributed by atoms with E-state index in [1.165, 1.54) is 7.11 Å². The molecule has 0 spiro atoms. The van der Waals surface area contributed by atoms with Crippen molar-refractivity contribution in [2.75, 3.05) is 20.2 Å². The van der Waals surface area contributed by atoms with E-state index in [0.29, 0.717) is 0 Å². The molecule has 0 aliphatic carbocycles. The number of hydrogen-bond donors (Lipinski definition) is 2. The van der Waals surface area contributed by atoms with Gasteiger partial charge in [0.25, 0.3) is 0 Å². The van der Waals surface area contributed by atoms with Crippen LogP contribution in [0.3, 0.4) is 0 Å². The van der Waals surface area contributed by atoms with E-state index >= 15 is 0 Å². The second kappa shape index (κ2) is 6.62. The van der Waals surface area contributed by atoms with Gasteiger partial charge in [-0.3, -0.25) is 9.59 Å². The van der Waals surface area contributed by atoms with Gasteiger partial charge in [-0.25, -0.2) is 0 Å². The number of carbonyl (C=O) groups is 2. The Bertz CT molecular complexity index is 205. The first kappa shape index (κ1) is 13.2. The van der Waals surface area contributed by atoms with E-state index in [0.717, 1.165) is 19.4 Å². The molecule has 1 atom stereocenters. The largest absolute Gasteiger partial charge is 0.468 e. The van der Waals surface area contributed by atoms with Crippen LogP contribution in [0.15, 0.2) is 0 Å². The van der Waals surface area contributed by atoms with E-state index in [-0.39, 0.29) is 30.9 Å². The molecule has 1 saturated heterocycles. The minimum atomic E-state index is -0.425. The summed E-state index contributed by atoms with van der Waals surface area (Å²) in [6, 6.07) is -0.135. The molecular weight excluding hydrogens is 208 g/mol. The second-order valence-electron chi connectivity index (χ2n) is 2.94. The lowest BCUT2D eigenvalue weighted by Crippen LogP contribution is -2.42. The quantitative estimate of drug-likeness (QED) is 0.629. The van der Waals surface area contributed by atoms with Gasteiger partial charge >= 0.3 is 5.97 Å². The van der Waals surface area contributed by atoms with Gasteiger partial charge in [0, 0.05) is 0 Å². The van der Waals surface area contributed by atoms with Crippen molar-refractivity contribution in [3.63, 3.8) is 0 Å². The summed E-state index contributed by atoms with van der Waals surface area (Å²) in [5.41, 5.74) is 0. The Morgan fingerprint density at radius 1 is 1.57 bits per heavy atom.